The first-order valence-corrected chi connectivity index (χ1v) is 7.75. The number of carbonyl (C=O) groups is 2. The second-order valence-electron chi connectivity index (χ2n) is 5.01. The van der Waals surface area contributed by atoms with Gasteiger partial charge < -0.3 is 10.1 Å². The van der Waals surface area contributed by atoms with Crippen molar-refractivity contribution < 1.29 is 14.3 Å². The Balaban J connectivity index is 4.59. The molecule has 0 saturated carbocycles. The molecule has 25 heavy (non-hydrogen) atoms. The minimum atomic E-state index is -0.407. The summed E-state index contributed by atoms with van der Waals surface area (Å²) in [6.07, 6.45) is 6.84. The molecule has 0 atom stereocenters. The Labute approximate surface area is 149 Å². The van der Waals surface area contributed by atoms with Gasteiger partial charge in [-0.2, -0.15) is 5.26 Å². The van der Waals surface area contributed by atoms with Gasteiger partial charge in [0.05, 0.1) is 18.2 Å². The van der Waals surface area contributed by atoms with Crippen molar-refractivity contribution in [1.82, 2.24) is 5.32 Å². The first kappa shape index (κ1) is 21.9. The highest BCUT2D eigenvalue weighted by atomic mass is 16.5. The predicted molar refractivity (Wildman–Crippen MR) is 99.3 cm³/mol. The van der Waals surface area contributed by atoms with Crippen LogP contribution in [0.25, 0.3) is 0 Å². The van der Waals surface area contributed by atoms with Crippen molar-refractivity contribution in [3.63, 3.8) is 0 Å². The fraction of sp³-hybridized carbons (Fsp3) is 0.250. The highest BCUT2D eigenvalue weighted by Crippen LogP contribution is 2.10. The summed E-state index contributed by atoms with van der Waals surface area (Å²) in [7, 11) is 0. The lowest BCUT2D eigenvalue weighted by atomic mass is 10.1. The summed E-state index contributed by atoms with van der Waals surface area (Å²) in [4.78, 5) is 23.3. The van der Waals surface area contributed by atoms with Crippen LogP contribution >= 0.6 is 0 Å². The van der Waals surface area contributed by atoms with E-state index in [1.807, 2.05) is 6.07 Å². The number of allylic oxidation sites excluding steroid dienone is 4. The molecule has 0 heterocycles. The molecule has 0 bridgehead atoms. The zero-order valence-corrected chi connectivity index (χ0v) is 14.6. The Morgan fingerprint density at radius 1 is 1.16 bits per heavy atom. The van der Waals surface area contributed by atoms with Gasteiger partial charge in [0.2, 0.25) is 0 Å². The molecule has 5 heteroatoms. The Morgan fingerprint density at radius 3 is 2.36 bits per heavy atom. The molecule has 0 aliphatic rings. The van der Waals surface area contributed by atoms with Gasteiger partial charge in [-0.05, 0) is 30.6 Å². The van der Waals surface area contributed by atoms with Crippen LogP contribution in [-0.2, 0) is 14.3 Å². The summed E-state index contributed by atoms with van der Waals surface area (Å²) < 4.78 is 4.87. The Kier molecular flexibility index (Phi) is 10.8. The van der Waals surface area contributed by atoms with Crippen molar-refractivity contribution in [1.29, 1.82) is 5.26 Å². The molecule has 5 nitrogen and oxygen atoms in total. The van der Waals surface area contributed by atoms with E-state index in [2.05, 4.69) is 31.6 Å². The van der Waals surface area contributed by atoms with Gasteiger partial charge in [-0.25, -0.2) is 0 Å². The van der Waals surface area contributed by atoms with Crippen molar-refractivity contribution in [3.05, 3.63) is 72.9 Å². The van der Waals surface area contributed by atoms with E-state index in [4.69, 9.17) is 10.00 Å². The number of amides is 1. The predicted octanol–water partition coefficient (Wildman–Crippen LogP) is 3.31. The quantitative estimate of drug-likeness (QED) is 0.271. The summed E-state index contributed by atoms with van der Waals surface area (Å²) in [6.45, 7) is 17.0. The van der Waals surface area contributed by atoms with Crippen LogP contribution < -0.4 is 5.32 Å². The van der Waals surface area contributed by atoms with Gasteiger partial charge in [0.25, 0.3) is 5.91 Å². The third-order valence-electron chi connectivity index (χ3n) is 3.02. The Bertz CT molecular complexity index is 661. The van der Waals surface area contributed by atoms with Crippen LogP contribution in [0.15, 0.2) is 72.9 Å². The van der Waals surface area contributed by atoms with Crippen molar-refractivity contribution in [3.8, 4) is 6.07 Å². The summed E-state index contributed by atoms with van der Waals surface area (Å²) in [5, 5.41) is 11.5. The zero-order chi connectivity index (χ0) is 19.2. The molecule has 0 aromatic heterocycles. The van der Waals surface area contributed by atoms with Crippen LogP contribution in [0.3, 0.4) is 0 Å². The molecular formula is C20H24N2O3. The summed E-state index contributed by atoms with van der Waals surface area (Å²) in [6, 6.07) is 1.89. The van der Waals surface area contributed by atoms with Gasteiger partial charge in [0.1, 0.15) is 0 Å². The average Bonchev–Trinajstić information content (AvgIpc) is 2.60. The first-order chi connectivity index (χ1) is 11.9. The van der Waals surface area contributed by atoms with Crippen LogP contribution in [0.4, 0.5) is 0 Å². The Morgan fingerprint density at radius 2 is 1.84 bits per heavy atom. The molecule has 0 aliphatic heterocycles. The maximum Gasteiger partial charge on any atom is 0.306 e. The second-order valence-corrected chi connectivity index (χ2v) is 5.01. The molecule has 0 aromatic carbocycles. The average molecular weight is 340 g/mol. The van der Waals surface area contributed by atoms with Crippen LogP contribution in [0, 0.1) is 11.3 Å². The minimum Gasteiger partial charge on any atom is -0.466 e. The highest BCUT2D eigenvalue weighted by molar-refractivity contribution is 5.96. The molecule has 0 unspecified atom stereocenters. The van der Waals surface area contributed by atoms with E-state index >= 15 is 0 Å². The number of rotatable bonds is 11. The maximum atomic E-state index is 11.9. The van der Waals surface area contributed by atoms with Crippen LogP contribution in [0.2, 0.25) is 0 Å². The number of ether oxygens (including phenoxy) is 1. The minimum absolute atomic E-state index is 0.152. The number of nitrogens with one attached hydrogen (secondary N) is 1. The molecule has 0 saturated heterocycles. The Hall–Kier alpha value is -3.13. The molecule has 1 N–H and O–H groups in total. The molecule has 0 aliphatic carbocycles. The van der Waals surface area contributed by atoms with Gasteiger partial charge in [0, 0.05) is 18.5 Å². The molecule has 0 spiro atoms. The van der Waals surface area contributed by atoms with E-state index in [0.29, 0.717) is 18.6 Å². The lowest BCUT2D eigenvalue weighted by Crippen LogP contribution is -2.25. The molecule has 1 amide bonds. The SMILES string of the molecule is C=C/C(=C\C(=C)CNC(=O)C(=C)/C=C(/C#N)C=C)CCC(=O)OCC. The third kappa shape index (κ3) is 9.57. The van der Waals surface area contributed by atoms with Crippen molar-refractivity contribution >= 4 is 11.9 Å². The van der Waals surface area contributed by atoms with E-state index in [1.165, 1.54) is 12.2 Å². The molecule has 0 aromatic rings. The van der Waals surface area contributed by atoms with Crippen molar-refractivity contribution in [2.45, 2.75) is 19.8 Å². The van der Waals surface area contributed by atoms with Gasteiger partial charge in [-0.15, -0.1) is 0 Å². The monoisotopic (exact) mass is 340 g/mol. The fourth-order valence-electron chi connectivity index (χ4n) is 1.72. The van der Waals surface area contributed by atoms with E-state index < -0.39 is 5.91 Å². The van der Waals surface area contributed by atoms with Gasteiger partial charge >= 0.3 is 5.97 Å². The largest absolute Gasteiger partial charge is 0.466 e. The van der Waals surface area contributed by atoms with Crippen molar-refractivity contribution in [2.75, 3.05) is 13.2 Å². The first-order valence-electron chi connectivity index (χ1n) is 7.75. The maximum absolute atomic E-state index is 11.9. The van der Waals surface area contributed by atoms with E-state index in [9.17, 15) is 9.59 Å². The molecule has 132 valence electrons. The number of esters is 1. The number of nitriles is 1. The van der Waals surface area contributed by atoms with Crippen molar-refractivity contribution in [2.24, 2.45) is 0 Å². The second kappa shape index (κ2) is 12.3. The molecule has 0 rings (SSSR count). The van der Waals surface area contributed by atoms with Crippen LogP contribution in [-0.4, -0.2) is 25.0 Å². The number of hydrogen-bond acceptors (Lipinski definition) is 4. The van der Waals surface area contributed by atoms with Crippen LogP contribution in [0.1, 0.15) is 19.8 Å². The van der Waals surface area contributed by atoms with E-state index in [0.717, 1.165) is 5.57 Å². The lowest BCUT2D eigenvalue weighted by Gasteiger charge is -2.07. The normalized spacial score (nSPS) is 11.0. The lowest BCUT2D eigenvalue weighted by molar-refractivity contribution is -0.143. The highest BCUT2D eigenvalue weighted by Gasteiger charge is 2.06. The number of hydrogen-bond donors (Lipinski definition) is 1. The summed E-state index contributed by atoms with van der Waals surface area (Å²) >= 11 is 0. The number of carbonyl (C=O) groups excluding carboxylic acids is 2. The van der Waals surface area contributed by atoms with Gasteiger partial charge in [0.15, 0.2) is 0 Å². The third-order valence-corrected chi connectivity index (χ3v) is 3.02. The summed E-state index contributed by atoms with van der Waals surface area (Å²) in [5.74, 6) is -0.677. The van der Waals surface area contributed by atoms with Gasteiger partial charge in [-0.1, -0.05) is 44.5 Å². The number of nitrogens with zero attached hydrogens (tertiary/aromatic N) is 1. The smallest absolute Gasteiger partial charge is 0.306 e. The standard InChI is InChI=1S/C20H24N2O3/c1-6-17(9-10-19(23)25-8-3)11-15(4)14-22-20(24)16(5)12-18(7-2)13-21/h6-7,11-12H,1-2,4-5,8-10,14H2,3H3,(H,22,24)/b17-11+,18-12+. The summed E-state index contributed by atoms with van der Waals surface area (Å²) in [5.41, 5.74) is 1.88. The van der Waals surface area contributed by atoms with Crippen LogP contribution in [0.5, 0.6) is 0 Å². The fourth-order valence-corrected chi connectivity index (χ4v) is 1.72. The van der Waals surface area contributed by atoms with Gasteiger partial charge in [-0.3, -0.25) is 9.59 Å². The topological polar surface area (TPSA) is 79.2 Å². The van der Waals surface area contributed by atoms with E-state index in [1.54, 1.807) is 19.1 Å². The molecule has 0 radical (unpaired) electrons. The van der Waals surface area contributed by atoms with E-state index in [-0.39, 0.29) is 30.1 Å². The zero-order valence-electron chi connectivity index (χ0n) is 14.6. The molecular weight excluding hydrogens is 316 g/mol. The molecule has 0 fully saturated rings.